The zero-order valence-corrected chi connectivity index (χ0v) is 7.59. The SMILES string of the molecule is CCCCC1(NO)C=CC=CC1. The topological polar surface area (TPSA) is 32.3 Å². The van der Waals surface area contributed by atoms with Gasteiger partial charge in [-0.05, 0) is 12.8 Å². The minimum absolute atomic E-state index is 0.190. The van der Waals surface area contributed by atoms with Gasteiger partial charge in [-0.25, -0.2) is 0 Å². The Bertz CT molecular complexity index is 186. The summed E-state index contributed by atoms with van der Waals surface area (Å²) in [5.41, 5.74) is 2.22. The molecule has 1 atom stereocenters. The molecule has 0 bridgehead atoms. The van der Waals surface area contributed by atoms with E-state index in [4.69, 9.17) is 5.21 Å². The molecule has 0 saturated heterocycles. The summed E-state index contributed by atoms with van der Waals surface area (Å²) < 4.78 is 0. The lowest BCUT2D eigenvalue weighted by molar-refractivity contribution is 0.0818. The number of allylic oxidation sites excluding steroid dienone is 2. The van der Waals surface area contributed by atoms with E-state index < -0.39 is 0 Å². The summed E-state index contributed by atoms with van der Waals surface area (Å²) in [5.74, 6) is 0. The lowest BCUT2D eigenvalue weighted by Crippen LogP contribution is -2.41. The molecule has 68 valence electrons. The number of nitrogens with one attached hydrogen (secondary N) is 1. The molecule has 1 rings (SSSR count). The molecule has 0 saturated carbocycles. The first-order valence-corrected chi connectivity index (χ1v) is 4.58. The van der Waals surface area contributed by atoms with Crippen molar-refractivity contribution in [3.8, 4) is 0 Å². The minimum atomic E-state index is -0.190. The molecule has 2 N–H and O–H groups in total. The first-order valence-electron chi connectivity index (χ1n) is 4.58. The highest BCUT2D eigenvalue weighted by atomic mass is 16.5. The molecule has 0 fully saturated rings. The maximum Gasteiger partial charge on any atom is 0.0646 e. The highest BCUT2D eigenvalue weighted by Gasteiger charge is 2.24. The minimum Gasteiger partial charge on any atom is -0.316 e. The van der Waals surface area contributed by atoms with Crippen LogP contribution >= 0.6 is 0 Å². The van der Waals surface area contributed by atoms with Crippen molar-refractivity contribution >= 4 is 0 Å². The zero-order valence-electron chi connectivity index (χ0n) is 7.59. The summed E-state index contributed by atoms with van der Waals surface area (Å²) in [7, 11) is 0. The van der Waals surface area contributed by atoms with Gasteiger partial charge in [0.15, 0.2) is 0 Å². The van der Waals surface area contributed by atoms with E-state index in [0.717, 1.165) is 19.3 Å². The molecule has 0 aromatic rings. The van der Waals surface area contributed by atoms with E-state index in [1.54, 1.807) is 0 Å². The zero-order chi connectivity index (χ0) is 8.86. The van der Waals surface area contributed by atoms with Gasteiger partial charge in [-0.15, -0.1) is 0 Å². The predicted octanol–water partition coefficient (Wildman–Crippen LogP) is 2.41. The Balaban J connectivity index is 2.51. The van der Waals surface area contributed by atoms with E-state index in [0.29, 0.717) is 0 Å². The number of unbranched alkanes of at least 4 members (excludes halogenated alkanes) is 1. The second-order valence-corrected chi connectivity index (χ2v) is 3.36. The van der Waals surface area contributed by atoms with E-state index in [9.17, 15) is 0 Å². The van der Waals surface area contributed by atoms with E-state index in [1.807, 2.05) is 18.2 Å². The van der Waals surface area contributed by atoms with E-state index >= 15 is 0 Å². The summed E-state index contributed by atoms with van der Waals surface area (Å²) in [6, 6.07) is 0. The molecule has 1 aliphatic carbocycles. The third-order valence-corrected chi connectivity index (χ3v) is 2.34. The average molecular weight is 167 g/mol. The maximum absolute atomic E-state index is 9.03. The normalized spacial score (nSPS) is 27.8. The van der Waals surface area contributed by atoms with Crippen molar-refractivity contribution in [2.45, 2.75) is 38.1 Å². The van der Waals surface area contributed by atoms with Crippen LogP contribution in [0.1, 0.15) is 32.6 Å². The first-order chi connectivity index (χ1) is 5.83. The Morgan fingerprint density at radius 3 is 2.83 bits per heavy atom. The summed E-state index contributed by atoms with van der Waals surface area (Å²) in [6.45, 7) is 2.16. The van der Waals surface area contributed by atoms with Crippen LogP contribution in [0.15, 0.2) is 24.3 Å². The van der Waals surface area contributed by atoms with Gasteiger partial charge < -0.3 is 5.21 Å². The van der Waals surface area contributed by atoms with Gasteiger partial charge in [0.2, 0.25) is 0 Å². The molecule has 0 aromatic carbocycles. The van der Waals surface area contributed by atoms with Crippen molar-refractivity contribution in [3.63, 3.8) is 0 Å². The van der Waals surface area contributed by atoms with Gasteiger partial charge in [0.25, 0.3) is 0 Å². The first kappa shape index (κ1) is 9.49. The molecule has 1 aliphatic rings. The summed E-state index contributed by atoms with van der Waals surface area (Å²) in [5, 5.41) is 9.03. The van der Waals surface area contributed by atoms with Crippen LogP contribution in [0.3, 0.4) is 0 Å². The van der Waals surface area contributed by atoms with Gasteiger partial charge in [-0.3, -0.25) is 0 Å². The molecule has 12 heavy (non-hydrogen) atoms. The largest absolute Gasteiger partial charge is 0.316 e. The Kier molecular flexibility index (Phi) is 3.50. The lowest BCUT2D eigenvalue weighted by Gasteiger charge is -2.29. The monoisotopic (exact) mass is 167 g/mol. The van der Waals surface area contributed by atoms with Crippen LogP contribution in [0, 0.1) is 0 Å². The average Bonchev–Trinajstić information content (AvgIpc) is 2.16. The molecule has 0 aromatic heterocycles. The van der Waals surface area contributed by atoms with Crippen LogP contribution in [0.5, 0.6) is 0 Å². The molecular formula is C10H17NO. The van der Waals surface area contributed by atoms with E-state index in [-0.39, 0.29) is 5.54 Å². The Morgan fingerprint density at radius 2 is 2.33 bits per heavy atom. The summed E-state index contributed by atoms with van der Waals surface area (Å²) >= 11 is 0. The van der Waals surface area contributed by atoms with Crippen molar-refractivity contribution in [2.24, 2.45) is 0 Å². The van der Waals surface area contributed by atoms with Crippen molar-refractivity contribution in [1.29, 1.82) is 0 Å². The quantitative estimate of drug-likeness (QED) is 0.630. The highest BCUT2D eigenvalue weighted by molar-refractivity contribution is 5.20. The maximum atomic E-state index is 9.03. The lowest BCUT2D eigenvalue weighted by atomic mass is 9.87. The number of rotatable bonds is 4. The van der Waals surface area contributed by atoms with E-state index in [2.05, 4.69) is 18.5 Å². The molecule has 2 heteroatoms. The van der Waals surface area contributed by atoms with Crippen molar-refractivity contribution in [3.05, 3.63) is 24.3 Å². The molecule has 0 amide bonds. The Hall–Kier alpha value is -0.600. The van der Waals surface area contributed by atoms with Crippen LogP contribution in [0.4, 0.5) is 0 Å². The van der Waals surface area contributed by atoms with Gasteiger partial charge >= 0.3 is 0 Å². The Morgan fingerprint density at radius 1 is 1.50 bits per heavy atom. The predicted molar refractivity (Wildman–Crippen MR) is 50.1 cm³/mol. The molecule has 0 spiro atoms. The van der Waals surface area contributed by atoms with Crippen molar-refractivity contribution < 1.29 is 5.21 Å². The summed E-state index contributed by atoms with van der Waals surface area (Å²) in [4.78, 5) is 0. The molecule has 2 nitrogen and oxygen atoms in total. The number of hydrogen-bond donors (Lipinski definition) is 2. The Labute approximate surface area is 73.9 Å². The fraction of sp³-hybridized carbons (Fsp3) is 0.600. The van der Waals surface area contributed by atoms with Crippen LogP contribution in [-0.4, -0.2) is 10.7 Å². The molecule has 0 radical (unpaired) electrons. The van der Waals surface area contributed by atoms with Crippen LogP contribution in [0.2, 0.25) is 0 Å². The third kappa shape index (κ3) is 2.19. The third-order valence-electron chi connectivity index (χ3n) is 2.34. The van der Waals surface area contributed by atoms with Crippen LogP contribution in [0.25, 0.3) is 0 Å². The molecule has 0 aliphatic heterocycles. The van der Waals surface area contributed by atoms with Gasteiger partial charge in [0.05, 0.1) is 5.54 Å². The standard InChI is InChI=1S/C10H17NO/c1-2-3-7-10(11-12)8-5-4-6-9-10/h4-6,8,11-12H,2-3,7,9H2,1H3. The molecule has 0 heterocycles. The van der Waals surface area contributed by atoms with Crippen LogP contribution < -0.4 is 5.48 Å². The van der Waals surface area contributed by atoms with Gasteiger partial charge in [0, 0.05) is 0 Å². The molecular weight excluding hydrogens is 150 g/mol. The van der Waals surface area contributed by atoms with E-state index in [1.165, 1.54) is 6.42 Å². The molecule has 1 unspecified atom stereocenters. The van der Waals surface area contributed by atoms with Gasteiger partial charge in [-0.2, -0.15) is 5.48 Å². The van der Waals surface area contributed by atoms with Gasteiger partial charge in [-0.1, -0.05) is 44.1 Å². The second-order valence-electron chi connectivity index (χ2n) is 3.36. The fourth-order valence-electron chi connectivity index (χ4n) is 1.48. The van der Waals surface area contributed by atoms with Crippen molar-refractivity contribution in [1.82, 2.24) is 5.48 Å². The van der Waals surface area contributed by atoms with Gasteiger partial charge in [0.1, 0.15) is 0 Å². The van der Waals surface area contributed by atoms with Crippen LogP contribution in [-0.2, 0) is 0 Å². The number of hydrogen-bond acceptors (Lipinski definition) is 2. The smallest absolute Gasteiger partial charge is 0.0646 e. The fourth-order valence-corrected chi connectivity index (χ4v) is 1.48. The van der Waals surface area contributed by atoms with Crippen molar-refractivity contribution in [2.75, 3.05) is 0 Å². The second kappa shape index (κ2) is 4.43. The number of hydroxylamine groups is 1. The highest BCUT2D eigenvalue weighted by Crippen LogP contribution is 2.23. The summed E-state index contributed by atoms with van der Waals surface area (Å²) in [6.07, 6.45) is 12.3.